The number of hydrogen-bond donors (Lipinski definition) is 2. The highest BCUT2D eigenvalue weighted by Gasteiger charge is 2.70. The number of carboxylic acids is 2. The van der Waals surface area contributed by atoms with E-state index in [4.69, 9.17) is 5.11 Å². The normalized spacial score (nSPS) is 35.7. The van der Waals surface area contributed by atoms with Crippen molar-refractivity contribution in [3.8, 4) is 0 Å². The van der Waals surface area contributed by atoms with Gasteiger partial charge in [0.25, 0.3) is 0 Å². The van der Waals surface area contributed by atoms with Crippen molar-refractivity contribution in [1.29, 1.82) is 0 Å². The third kappa shape index (κ3) is 1.72. The fraction of sp³-hybridized carbons (Fsp3) is 0.500. The number of pyridine rings is 1. The van der Waals surface area contributed by atoms with Crippen LogP contribution < -0.4 is 0 Å². The first-order chi connectivity index (χ1) is 9.06. The van der Waals surface area contributed by atoms with Crippen LogP contribution in [0.1, 0.15) is 18.4 Å². The summed E-state index contributed by atoms with van der Waals surface area (Å²) in [6.07, 6.45) is 4.95. The quantitative estimate of drug-likeness (QED) is 0.856. The minimum Gasteiger partial charge on any atom is -0.481 e. The Hall–Kier alpha value is -1.91. The van der Waals surface area contributed by atoms with Crippen molar-refractivity contribution < 1.29 is 19.8 Å². The minimum absolute atomic E-state index is 0.0465. The molecule has 0 spiro atoms. The molecule has 4 atom stereocenters. The van der Waals surface area contributed by atoms with Crippen LogP contribution in [0.15, 0.2) is 24.5 Å². The highest BCUT2D eigenvalue weighted by molar-refractivity contribution is 5.82. The number of aromatic nitrogens is 1. The van der Waals surface area contributed by atoms with Crippen molar-refractivity contribution in [2.75, 3.05) is 0 Å². The molecule has 0 radical (unpaired) electrons. The molecule has 2 aliphatic rings. The molecular weight excluding hydrogens is 246 g/mol. The van der Waals surface area contributed by atoms with Gasteiger partial charge < -0.3 is 10.2 Å². The van der Waals surface area contributed by atoms with Crippen molar-refractivity contribution in [1.82, 2.24) is 4.98 Å². The van der Waals surface area contributed by atoms with E-state index in [1.165, 1.54) is 0 Å². The average molecular weight is 261 g/mol. The van der Waals surface area contributed by atoms with E-state index in [2.05, 4.69) is 4.98 Å². The number of hydrogen-bond acceptors (Lipinski definition) is 3. The maximum Gasteiger partial charge on any atom is 0.310 e. The van der Waals surface area contributed by atoms with Crippen LogP contribution in [0.2, 0.25) is 0 Å². The van der Waals surface area contributed by atoms with E-state index in [0.29, 0.717) is 19.3 Å². The number of carboxylic acid groups (broad SMARTS) is 2. The van der Waals surface area contributed by atoms with Gasteiger partial charge in [-0.15, -0.1) is 0 Å². The van der Waals surface area contributed by atoms with Crippen molar-refractivity contribution in [3.63, 3.8) is 0 Å². The lowest BCUT2D eigenvalue weighted by atomic mass is 9.76. The summed E-state index contributed by atoms with van der Waals surface area (Å²) in [7, 11) is 0. The highest BCUT2D eigenvalue weighted by atomic mass is 16.4. The maximum atomic E-state index is 11.7. The van der Waals surface area contributed by atoms with E-state index in [1.807, 2.05) is 6.07 Å². The van der Waals surface area contributed by atoms with Crippen molar-refractivity contribution in [2.24, 2.45) is 23.2 Å². The Morgan fingerprint density at radius 2 is 2.21 bits per heavy atom. The van der Waals surface area contributed by atoms with Gasteiger partial charge in [-0.3, -0.25) is 14.6 Å². The van der Waals surface area contributed by atoms with Crippen LogP contribution in [0, 0.1) is 23.2 Å². The van der Waals surface area contributed by atoms with Gasteiger partial charge in [-0.05, 0) is 42.7 Å². The predicted octanol–water partition coefficient (Wildman–Crippen LogP) is 1.44. The third-order valence-corrected chi connectivity index (χ3v) is 4.68. The Morgan fingerprint density at radius 3 is 2.74 bits per heavy atom. The molecule has 0 bridgehead atoms. The average Bonchev–Trinajstić information content (AvgIpc) is 3.01. The number of aliphatic carboxylic acids is 2. The van der Waals surface area contributed by atoms with E-state index in [-0.39, 0.29) is 11.8 Å². The molecule has 0 amide bonds. The van der Waals surface area contributed by atoms with Crippen LogP contribution >= 0.6 is 0 Å². The van der Waals surface area contributed by atoms with Crippen molar-refractivity contribution >= 4 is 11.9 Å². The van der Waals surface area contributed by atoms with Crippen molar-refractivity contribution in [2.45, 2.75) is 19.3 Å². The van der Waals surface area contributed by atoms with Gasteiger partial charge in [0.1, 0.15) is 0 Å². The Labute approximate surface area is 110 Å². The van der Waals surface area contributed by atoms with Gasteiger partial charge in [-0.25, -0.2) is 0 Å². The Morgan fingerprint density at radius 1 is 1.42 bits per heavy atom. The first-order valence-electron chi connectivity index (χ1n) is 6.41. The second-order valence-corrected chi connectivity index (χ2v) is 5.59. The maximum absolute atomic E-state index is 11.7. The van der Waals surface area contributed by atoms with E-state index in [1.54, 1.807) is 18.5 Å². The molecule has 5 heteroatoms. The molecule has 2 aliphatic carbocycles. The zero-order valence-corrected chi connectivity index (χ0v) is 10.3. The summed E-state index contributed by atoms with van der Waals surface area (Å²) in [5.41, 5.74) is -0.0573. The second-order valence-electron chi connectivity index (χ2n) is 5.59. The molecule has 0 aromatic carbocycles. The lowest BCUT2D eigenvalue weighted by molar-refractivity contribution is -0.151. The topological polar surface area (TPSA) is 87.5 Å². The van der Waals surface area contributed by atoms with E-state index < -0.39 is 23.3 Å². The summed E-state index contributed by atoms with van der Waals surface area (Å²) >= 11 is 0. The summed E-state index contributed by atoms with van der Waals surface area (Å²) < 4.78 is 0. The number of carbonyl (C=O) groups is 2. The Balaban J connectivity index is 1.89. The molecule has 2 N–H and O–H groups in total. The Bertz CT molecular complexity index is 530. The minimum atomic E-state index is -0.920. The van der Waals surface area contributed by atoms with Crippen LogP contribution in [-0.2, 0) is 16.0 Å². The molecule has 2 fully saturated rings. The number of fused-ring (bicyclic) bond motifs is 1. The monoisotopic (exact) mass is 261 g/mol. The molecule has 0 saturated heterocycles. The zero-order chi connectivity index (χ0) is 13.6. The van der Waals surface area contributed by atoms with Crippen LogP contribution in [0.25, 0.3) is 0 Å². The molecule has 5 nitrogen and oxygen atoms in total. The highest BCUT2D eigenvalue weighted by Crippen LogP contribution is 2.67. The Kier molecular flexibility index (Phi) is 2.59. The number of rotatable bonds is 4. The predicted molar refractivity (Wildman–Crippen MR) is 65.3 cm³/mol. The van der Waals surface area contributed by atoms with Crippen LogP contribution in [-0.4, -0.2) is 27.1 Å². The molecule has 2 saturated carbocycles. The largest absolute Gasteiger partial charge is 0.481 e. The van der Waals surface area contributed by atoms with Gasteiger partial charge in [-0.2, -0.15) is 0 Å². The van der Waals surface area contributed by atoms with E-state index >= 15 is 0 Å². The van der Waals surface area contributed by atoms with Crippen molar-refractivity contribution in [3.05, 3.63) is 30.1 Å². The number of nitrogens with zero attached hydrogens (tertiary/aromatic N) is 1. The summed E-state index contributed by atoms with van der Waals surface area (Å²) in [6, 6.07) is 3.63. The molecule has 100 valence electrons. The summed E-state index contributed by atoms with van der Waals surface area (Å²) in [5.74, 6) is -2.37. The van der Waals surface area contributed by atoms with E-state index in [0.717, 1.165) is 5.56 Å². The molecule has 1 heterocycles. The van der Waals surface area contributed by atoms with Crippen LogP contribution in [0.3, 0.4) is 0 Å². The van der Waals surface area contributed by atoms with Crippen LogP contribution in [0.5, 0.6) is 0 Å². The van der Waals surface area contributed by atoms with Gasteiger partial charge in [0.2, 0.25) is 0 Å². The lowest BCUT2D eigenvalue weighted by Crippen LogP contribution is -2.35. The first-order valence-corrected chi connectivity index (χ1v) is 6.41. The van der Waals surface area contributed by atoms with E-state index in [9.17, 15) is 14.7 Å². The van der Waals surface area contributed by atoms with Crippen LogP contribution in [0.4, 0.5) is 0 Å². The fourth-order valence-corrected chi connectivity index (χ4v) is 3.81. The zero-order valence-electron chi connectivity index (χ0n) is 10.3. The molecule has 19 heavy (non-hydrogen) atoms. The summed E-state index contributed by atoms with van der Waals surface area (Å²) in [4.78, 5) is 26.9. The molecule has 3 rings (SSSR count). The third-order valence-electron chi connectivity index (χ3n) is 4.68. The SMILES string of the molecule is O=C(O)C1C2CCC(Cc3cccnc3)(C(=O)O)C21. The second kappa shape index (κ2) is 4.05. The van der Waals surface area contributed by atoms with Gasteiger partial charge in [0.15, 0.2) is 0 Å². The summed E-state index contributed by atoms with van der Waals surface area (Å²) in [5, 5.41) is 18.7. The molecule has 0 aliphatic heterocycles. The molecule has 4 unspecified atom stereocenters. The fourth-order valence-electron chi connectivity index (χ4n) is 3.81. The van der Waals surface area contributed by atoms with Gasteiger partial charge in [0, 0.05) is 12.4 Å². The van der Waals surface area contributed by atoms with Gasteiger partial charge >= 0.3 is 11.9 Å². The lowest BCUT2D eigenvalue weighted by Gasteiger charge is -2.27. The standard InChI is InChI=1S/C14H15NO4/c16-12(17)10-9-3-4-14(11(9)10,13(18)19)6-8-2-1-5-15-7-8/h1-2,5,7,9-11H,3-4,6H2,(H,16,17)(H,18,19). The molecule has 1 aromatic heterocycles. The van der Waals surface area contributed by atoms with Gasteiger partial charge in [-0.1, -0.05) is 6.07 Å². The summed E-state index contributed by atoms with van der Waals surface area (Å²) in [6.45, 7) is 0. The smallest absolute Gasteiger partial charge is 0.310 e. The van der Waals surface area contributed by atoms with Gasteiger partial charge in [0.05, 0.1) is 11.3 Å². The first kappa shape index (κ1) is 12.1. The molecular formula is C14H15NO4. The molecule has 1 aromatic rings.